The first kappa shape index (κ1) is 9.78. The van der Waals surface area contributed by atoms with Gasteiger partial charge in [0.05, 0.1) is 7.11 Å². The normalized spacial score (nSPS) is 10.5. The molecule has 8 heteroatoms. The number of carbonyl (C=O) groups is 1. The molecule has 0 saturated carbocycles. The fraction of sp³-hybridized carbons (Fsp3) is 0.286. The Morgan fingerprint density at radius 2 is 2.40 bits per heavy atom. The van der Waals surface area contributed by atoms with Crippen LogP contribution in [-0.2, 0) is 16.1 Å². The average molecular weight is 228 g/mol. The molecule has 0 unspecified atom stereocenters. The summed E-state index contributed by atoms with van der Waals surface area (Å²) in [5.74, 6) is -0.434. The molecular formula is C7H6ClN5O2. The Balaban J connectivity index is 2.45. The van der Waals surface area contributed by atoms with Gasteiger partial charge in [-0.25, -0.2) is 14.6 Å². The number of aromatic nitrogens is 5. The maximum atomic E-state index is 11.0. The molecule has 0 amide bonds. The number of esters is 1. The summed E-state index contributed by atoms with van der Waals surface area (Å²) in [5, 5.41) is 7.68. The van der Waals surface area contributed by atoms with E-state index < -0.39 is 5.97 Å². The van der Waals surface area contributed by atoms with E-state index in [0.717, 1.165) is 0 Å². The van der Waals surface area contributed by atoms with Crippen molar-refractivity contribution < 1.29 is 9.53 Å². The summed E-state index contributed by atoms with van der Waals surface area (Å²) >= 11 is 5.76. The molecule has 0 fully saturated rings. The molecular weight excluding hydrogens is 222 g/mol. The van der Waals surface area contributed by atoms with Gasteiger partial charge < -0.3 is 4.74 Å². The van der Waals surface area contributed by atoms with Crippen molar-refractivity contribution in [3.05, 3.63) is 11.5 Å². The lowest BCUT2D eigenvalue weighted by Crippen LogP contribution is -2.13. The van der Waals surface area contributed by atoms with E-state index >= 15 is 0 Å². The Bertz CT molecular complexity index is 511. The lowest BCUT2D eigenvalue weighted by Gasteiger charge is -1.98. The number of ether oxygens (including phenoxy) is 1. The summed E-state index contributed by atoms with van der Waals surface area (Å²) < 4.78 is 5.80. The summed E-state index contributed by atoms with van der Waals surface area (Å²) in [6, 6.07) is 0. The van der Waals surface area contributed by atoms with E-state index in [-0.39, 0.29) is 11.7 Å². The van der Waals surface area contributed by atoms with Gasteiger partial charge in [0.15, 0.2) is 16.3 Å². The van der Waals surface area contributed by atoms with Crippen LogP contribution in [0.2, 0.25) is 5.15 Å². The van der Waals surface area contributed by atoms with E-state index in [9.17, 15) is 4.79 Å². The molecule has 78 valence electrons. The summed E-state index contributed by atoms with van der Waals surface area (Å²) in [6.45, 7) is -0.0552. The Morgan fingerprint density at radius 3 is 3.13 bits per heavy atom. The number of fused-ring (bicyclic) bond motifs is 1. The van der Waals surface area contributed by atoms with Crippen molar-refractivity contribution in [2.45, 2.75) is 6.54 Å². The van der Waals surface area contributed by atoms with Crippen LogP contribution in [0.4, 0.5) is 0 Å². The second-order valence-electron chi connectivity index (χ2n) is 2.66. The van der Waals surface area contributed by atoms with Crippen LogP contribution in [0.5, 0.6) is 0 Å². The molecule has 0 aliphatic carbocycles. The third kappa shape index (κ3) is 1.73. The Morgan fingerprint density at radius 1 is 1.60 bits per heavy atom. The maximum absolute atomic E-state index is 11.0. The average Bonchev–Trinajstić information content (AvgIpc) is 2.63. The van der Waals surface area contributed by atoms with E-state index in [1.807, 2.05) is 0 Å². The summed E-state index contributed by atoms with van der Waals surface area (Å²) in [4.78, 5) is 18.7. The van der Waals surface area contributed by atoms with E-state index in [2.05, 4.69) is 25.0 Å². The van der Waals surface area contributed by atoms with E-state index in [0.29, 0.717) is 11.2 Å². The lowest BCUT2D eigenvalue weighted by atomic mass is 10.5. The number of rotatable bonds is 2. The summed E-state index contributed by atoms with van der Waals surface area (Å²) in [5.41, 5.74) is 0.767. The Labute approximate surface area is 89.0 Å². The van der Waals surface area contributed by atoms with Gasteiger partial charge in [0.2, 0.25) is 0 Å². The fourth-order valence-corrected chi connectivity index (χ4v) is 1.22. The highest BCUT2D eigenvalue weighted by Gasteiger charge is 2.12. The zero-order valence-electron chi connectivity index (χ0n) is 7.71. The minimum absolute atomic E-state index is 0.0552. The van der Waals surface area contributed by atoms with Crippen LogP contribution in [0.15, 0.2) is 6.33 Å². The molecule has 0 spiro atoms. The second-order valence-corrected chi connectivity index (χ2v) is 3.02. The number of hydrogen-bond acceptors (Lipinski definition) is 6. The second kappa shape index (κ2) is 3.77. The number of halogens is 1. The van der Waals surface area contributed by atoms with Crippen molar-refractivity contribution in [3.63, 3.8) is 0 Å². The molecule has 0 bridgehead atoms. The molecule has 2 rings (SSSR count). The SMILES string of the molecule is COC(=O)Cn1nnc2c(Cl)ncnc21. The fourth-order valence-electron chi connectivity index (χ4n) is 1.06. The van der Waals surface area contributed by atoms with Gasteiger partial charge in [-0.2, -0.15) is 0 Å². The maximum Gasteiger partial charge on any atom is 0.327 e. The van der Waals surface area contributed by atoms with Gasteiger partial charge in [-0.1, -0.05) is 16.8 Å². The largest absolute Gasteiger partial charge is 0.468 e. The molecule has 2 heterocycles. The van der Waals surface area contributed by atoms with Crippen LogP contribution < -0.4 is 0 Å². The summed E-state index contributed by atoms with van der Waals surface area (Å²) in [7, 11) is 1.30. The zero-order chi connectivity index (χ0) is 10.8. The predicted octanol–water partition coefficient (Wildman–Crippen LogP) is 0.0477. The number of hydrogen-bond donors (Lipinski definition) is 0. The highest BCUT2D eigenvalue weighted by Crippen LogP contribution is 2.15. The summed E-state index contributed by atoms with van der Waals surface area (Å²) in [6.07, 6.45) is 1.28. The molecule has 0 aliphatic heterocycles. The molecule has 2 aromatic heterocycles. The molecule has 2 aromatic rings. The minimum atomic E-state index is -0.434. The first-order valence-electron chi connectivity index (χ1n) is 3.99. The topological polar surface area (TPSA) is 82.8 Å². The van der Waals surface area contributed by atoms with Gasteiger partial charge in [0.1, 0.15) is 12.9 Å². The molecule has 7 nitrogen and oxygen atoms in total. The first-order valence-corrected chi connectivity index (χ1v) is 4.36. The third-order valence-electron chi connectivity index (χ3n) is 1.76. The van der Waals surface area contributed by atoms with Crippen molar-refractivity contribution in [1.29, 1.82) is 0 Å². The van der Waals surface area contributed by atoms with Crippen molar-refractivity contribution >= 4 is 28.7 Å². The van der Waals surface area contributed by atoms with Crippen molar-refractivity contribution in [1.82, 2.24) is 25.0 Å². The smallest absolute Gasteiger partial charge is 0.327 e. The Kier molecular flexibility index (Phi) is 2.46. The van der Waals surface area contributed by atoms with E-state index in [1.165, 1.54) is 18.1 Å². The highest BCUT2D eigenvalue weighted by atomic mass is 35.5. The van der Waals surface area contributed by atoms with Crippen LogP contribution in [0.1, 0.15) is 0 Å². The molecule has 0 N–H and O–H groups in total. The highest BCUT2D eigenvalue weighted by molar-refractivity contribution is 6.33. The molecule has 0 saturated heterocycles. The van der Waals surface area contributed by atoms with Gasteiger partial charge >= 0.3 is 5.97 Å². The monoisotopic (exact) mass is 227 g/mol. The van der Waals surface area contributed by atoms with Gasteiger partial charge in [-0.05, 0) is 0 Å². The standard InChI is InChI=1S/C7H6ClN5O2/c1-15-4(14)2-13-7-5(11-12-13)6(8)9-3-10-7/h3H,2H2,1H3. The number of nitrogens with zero attached hydrogens (tertiary/aromatic N) is 5. The molecule has 0 aliphatic rings. The zero-order valence-corrected chi connectivity index (χ0v) is 8.47. The van der Waals surface area contributed by atoms with Crippen LogP contribution in [0, 0.1) is 0 Å². The van der Waals surface area contributed by atoms with Crippen molar-refractivity contribution in [3.8, 4) is 0 Å². The molecule has 0 atom stereocenters. The molecule has 0 aromatic carbocycles. The Hall–Kier alpha value is -1.76. The van der Waals surface area contributed by atoms with Crippen LogP contribution in [0.3, 0.4) is 0 Å². The van der Waals surface area contributed by atoms with Crippen LogP contribution in [0.25, 0.3) is 11.2 Å². The lowest BCUT2D eigenvalue weighted by molar-refractivity contribution is -0.141. The van der Waals surface area contributed by atoms with Gasteiger partial charge in [0.25, 0.3) is 0 Å². The van der Waals surface area contributed by atoms with E-state index in [4.69, 9.17) is 11.6 Å². The van der Waals surface area contributed by atoms with Crippen molar-refractivity contribution in [2.75, 3.05) is 7.11 Å². The van der Waals surface area contributed by atoms with Gasteiger partial charge in [0, 0.05) is 0 Å². The number of methoxy groups -OCH3 is 1. The van der Waals surface area contributed by atoms with Crippen molar-refractivity contribution in [2.24, 2.45) is 0 Å². The first-order chi connectivity index (χ1) is 7.22. The minimum Gasteiger partial charge on any atom is -0.468 e. The third-order valence-corrected chi connectivity index (χ3v) is 2.04. The van der Waals surface area contributed by atoms with Crippen LogP contribution >= 0.6 is 11.6 Å². The predicted molar refractivity (Wildman–Crippen MR) is 50.1 cm³/mol. The molecule has 15 heavy (non-hydrogen) atoms. The van der Waals surface area contributed by atoms with Crippen LogP contribution in [-0.4, -0.2) is 38.0 Å². The quantitative estimate of drug-likeness (QED) is 0.532. The van der Waals surface area contributed by atoms with Gasteiger partial charge in [-0.3, -0.25) is 4.79 Å². The van der Waals surface area contributed by atoms with E-state index in [1.54, 1.807) is 0 Å². The van der Waals surface area contributed by atoms with Gasteiger partial charge in [-0.15, -0.1) is 5.10 Å². The number of carbonyl (C=O) groups excluding carboxylic acids is 1. The molecule has 0 radical (unpaired) electrons.